The Kier molecular flexibility index (Phi) is 6.87. The maximum atomic E-state index is 14.5. The van der Waals surface area contributed by atoms with E-state index < -0.39 is 0 Å². The molecule has 0 atom stereocenters. The van der Waals surface area contributed by atoms with Crippen molar-refractivity contribution >= 4 is 5.96 Å². The Morgan fingerprint density at radius 3 is 2.77 bits per heavy atom. The lowest BCUT2D eigenvalue weighted by Crippen LogP contribution is -2.38. The standard InChI is InChI=1S/C22H30FN7/c1-6-25-22(28(4)13-18-14-29(5)27-21(18)16(2)3)26-12-17-7-8-20(19(23)11-17)30-10-9-24-15-30/h7-11,14-16H,6,12-13H2,1-5H3,(H,25,26). The van der Waals surface area contributed by atoms with Crippen LogP contribution in [0.1, 0.15) is 43.5 Å². The summed E-state index contributed by atoms with van der Waals surface area (Å²) in [4.78, 5) is 10.8. The van der Waals surface area contributed by atoms with Crippen molar-refractivity contribution in [2.45, 2.75) is 39.8 Å². The molecule has 7 nitrogen and oxygen atoms in total. The predicted molar refractivity (Wildman–Crippen MR) is 117 cm³/mol. The Labute approximate surface area is 177 Å². The predicted octanol–water partition coefficient (Wildman–Crippen LogP) is 3.47. The Balaban J connectivity index is 1.75. The van der Waals surface area contributed by atoms with Gasteiger partial charge in [-0.05, 0) is 30.5 Å². The smallest absolute Gasteiger partial charge is 0.194 e. The highest BCUT2D eigenvalue weighted by Crippen LogP contribution is 2.19. The van der Waals surface area contributed by atoms with Crippen molar-refractivity contribution in [3.8, 4) is 5.69 Å². The van der Waals surface area contributed by atoms with Gasteiger partial charge in [0.15, 0.2) is 5.96 Å². The number of guanidine groups is 1. The third-order valence-electron chi connectivity index (χ3n) is 4.79. The third kappa shape index (κ3) is 5.06. The first kappa shape index (κ1) is 21.5. The summed E-state index contributed by atoms with van der Waals surface area (Å²) in [6, 6.07) is 5.17. The van der Waals surface area contributed by atoms with Gasteiger partial charge in [0.1, 0.15) is 5.82 Å². The third-order valence-corrected chi connectivity index (χ3v) is 4.79. The maximum absolute atomic E-state index is 14.5. The first-order valence-electron chi connectivity index (χ1n) is 10.2. The van der Waals surface area contributed by atoms with Crippen LogP contribution in [0.5, 0.6) is 0 Å². The molecule has 0 aliphatic heterocycles. The molecule has 0 saturated heterocycles. The molecule has 0 fully saturated rings. The molecule has 160 valence electrons. The molecule has 30 heavy (non-hydrogen) atoms. The van der Waals surface area contributed by atoms with E-state index in [1.165, 1.54) is 11.6 Å². The summed E-state index contributed by atoms with van der Waals surface area (Å²) in [7, 11) is 3.94. The van der Waals surface area contributed by atoms with Gasteiger partial charge in [-0.15, -0.1) is 0 Å². The molecule has 3 aromatic rings. The molecule has 1 aromatic carbocycles. The molecule has 0 radical (unpaired) electrons. The normalized spacial score (nSPS) is 11.9. The topological polar surface area (TPSA) is 63.3 Å². The summed E-state index contributed by atoms with van der Waals surface area (Å²) in [5.74, 6) is 0.831. The molecular weight excluding hydrogens is 381 g/mol. The van der Waals surface area contributed by atoms with Crippen LogP contribution in [-0.4, -0.2) is 43.8 Å². The summed E-state index contributed by atoms with van der Waals surface area (Å²) in [6.07, 6.45) is 6.99. The van der Waals surface area contributed by atoms with Crippen molar-refractivity contribution in [1.29, 1.82) is 0 Å². The van der Waals surface area contributed by atoms with Crippen LogP contribution in [0.25, 0.3) is 5.69 Å². The zero-order chi connectivity index (χ0) is 21.7. The minimum atomic E-state index is -0.295. The molecule has 0 saturated carbocycles. The fourth-order valence-electron chi connectivity index (χ4n) is 3.39. The highest BCUT2D eigenvalue weighted by molar-refractivity contribution is 5.79. The molecule has 0 aliphatic rings. The number of nitrogens with zero attached hydrogens (tertiary/aromatic N) is 6. The van der Waals surface area contributed by atoms with Crippen molar-refractivity contribution in [2.24, 2.45) is 12.0 Å². The van der Waals surface area contributed by atoms with Gasteiger partial charge in [-0.3, -0.25) is 4.68 Å². The number of aliphatic imine (C=N–C) groups is 1. The Hall–Kier alpha value is -3.16. The molecule has 0 amide bonds. The molecule has 8 heteroatoms. The number of benzene rings is 1. The van der Waals surface area contributed by atoms with Crippen LogP contribution in [-0.2, 0) is 20.1 Å². The van der Waals surface area contributed by atoms with Gasteiger partial charge in [0, 0.05) is 51.3 Å². The number of hydrogen-bond acceptors (Lipinski definition) is 3. The minimum absolute atomic E-state index is 0.295. The summed E-state index contributed by atoms with van der Waals surface area (Å²) in [5.41, 5.74) is 3.56. The van der Waals surface area contributed by atoms with E-state index in [1.807, 2.05) is 31.8 Å². The van der Waals surface area contributed by atoms with Crippen molar-refractivity contribution in [3.63, 3.8) is 0 Å². The second-order valence-corrected chi connectivity index (χ2v) is 7.65. The van der Waals surface area contributed by atoms with Crippen LogP contribution < -0.4 is 5.32 Å². The Morgan fingerprint density at radius 2 is 2.13 bits per heavy atom. The molecule has 0 bridgehead atoms. The molecule has 0 spiro atoms. The zero-order valence-electron chi connectivity index (χ0n) is 18.3. The fourth-order valence-corrected chi connectivity index (χ4v) is 3.39. The van der Waals surface area contributed by atoms with Crippen LogP contribution in [0.2, 0.25) is 0 Å². The Morgan fingerprint density at radius 1 is 1.33 bits per heavy atom. The maximum Gasteiger partial charge on any atom is 0.194 e. The summed E-state index contributed by atoms with van der Waals surface area (Å²) < 4.78 is 18.0. The van der Waals surface area contributed by atoms with Crippen LogP contribution in [0.3, 0.4) is 0 Å². The first-order chi connectivity index (χ1) is 14.4. The largest absolute Gasteiger partial charge is 0.357 e. The van der Waals surface area contributed by atoms with Gasteiger partial charge < -0.3 is 14.8 Å². The lowest BCUT2D eigenvalue weighted by molar-refractivity contribution is 0.473. The van der Waals surface area contributed by atoms with Crippen LogP contribution >= 0.6 is 0 Å². The van der Waals surface area contributed by atoms with Gasteiger partial charge in [0.2, 0.25) is 0 Å². The number of nitrogens with one attached hydrogen (secondary N) is 1. The quantitative estimate of drug-likeness (QED) is 0.478. The van der Waals surface area contributed by atoms with E-state index in [9.17, 15) is 4.39 Å². The molecular formula is C22H30FN7. The number of aromatic nitrogens is 4. The molecule has 0 unspecified atom stereocenters. The average molecular weight is 412 g/mol. The molecule has 1 N–H and O–H groups in total. The Bertz CT molecular complexity index is 989. The van der Waals surface area contributed by atoms with Gasteiger partial charge in [0.25, 0.3) is 0 Å². The average Bonchev–Trinajstić information content (AvgIpc) is 3.35. The second kappa shape index (κ2) is 9.56. The van der Waals surface area contributed by atoms with Crippen molar-refractivity contribution in [1.82, 2.24) is 29.5 Å². The lowest BCUT2D eigenvalue weighted by atomic mass is 10.1. The van der Waals surface area contributed by atoms with Crippen molar-refractivity contribution in [2.75, 3.05) is 13.6 Å². The van der Waals surface area contributed by atoms with Crippen molar-refractivity contribution < 1.29 is 4.39 Å². The molecule has 3 rings (SSSR count). The van der Waals surface area contributed by atoms with E-state index in [0.717, 1.165) is 23.8 Å². The van der Waals surface area contributed by atoms with E-state index >= 15 is 0 Å². The number of hydrogen-bond donors (Lipinski definition) is 1. The van der Waals surface area contributed by atoms with Gasteiger partial charge in [-0.2, -0.15) is 5.10 Å². The number of imidazole rings is 1. The van der Waals surface area contributed by atoms with Gasteiger partial charge in [-0.1, -0.05) is 19.9 Å². The van der Waals surface area contributed by atoms with E-state index in [-0.39, 0.29) is 5.82 Å². The SMILES string of the molecule is CCNC(=NCc1ccc(-n2ccnc2)c(F)c1)N(C)Cc1cn(C)nc1C(C)C. The summed E-state index contributed by atoms with van der Waals surface area (Å²) >= 11 is 0. The second-order valence-electron chi connectivity index (χ2n) is 7.65. The highest BCUT2D eigenvalue weighted by atomic mass is 19.1. The zero-order valence-corrected chi connectivity index (χ0v) is 18.3. The van der Waals surface area contributed by atoms with E-state index in [2.05, 4.69) is 40.3 Å². The van der Waals surface area contributed by atoms with E-state index in [4.69, 9.17) is 4.99 Å². The molecule has 0 aliphatic carbocycles. The van der Waals surface area contributed by atoms with Crippen molar-refractivity contribution in [3.05, 3.63) is 65.8 Å². The highest BCUT2D eigenvalue weighted by Gasteiger charge is 2.15. The van der Waals surface area contributed by atoms with Crippen LogP contribution in [0.4, 0.5) is 4.39 Å². The van der Waals surface area contributed by atoms with Gasteiger partial charge in [0.05, 0.1) is 24.3 Å². The summed E-state index contributed by atoms with van der Waals surface area (Å²) in [6.45, 7) is 8.16. The monoisotopic (exact) mass is 411 g/mol. The molecule has 2 heterocycles. The number of aryl methyl sites for hydroxylation is 1. The lowest BCUT2D eigenvalue weighted by Gasteiger charge is -2.22. The van der Waals surface area contributed by atoms with Crippen LogP contribution in [0.15, 0.2) is 48.1 Å². The molecule has 2 aromatic heterocycles. The number of rotatable bonds is 7. The van der Waals surface area contributed by atoms with Crippen LogP contribution in [0, 0.1) is 5.82 Å². The van der Waals surface area contributed by atoms with Gasteiger partial charge >= 0.3 is 0 Å². The minimum Gasteiger partial charge on any atom is -0.357 e. The van der Waals surface area contributed by atoms with Gasteiger partial charge in [-0.25, -0.2) is 14.4 Å². The summed E-state index contributed by atoms with van der Waals surface area (Å²) in [5, 5.41) is 7.90. The first-order valence-corrected chi connectivity index (χ1v) is 10.2. The van der Waals surface area contributed by atoms with E-state index in [1.54, 1.807) is 29.4 Å². The number of halogens is 1. The van der Waals surface area contributed by atoms with E-state index in [0.29, 0.717) is 24.7 Å². The fraction of sp³-hybridized carbons (Fsp3) is 0.409.